The molecule has 0 bridgehead atoms. The number of nitrogens with zero attached hydrogens (tertiary/aromatic N) is 3. The van der Waals surface area contributed by atoms with Gasteiger partial charge in [0.25, 0.3) is 5.91 Å². The lowest BCUT2D eigenvalue weighted by molar-refractivity contribution is 0.102. The zero-order valence-electron chi connectivity index (χ0n) is 14.2. The van der Waals surface area contributed by atoms with Crippen LogP contribution in [0.25, 0.3) is 11.0 Å². The zero-order chi connectivity index (χ0) is 19.0. The van der Waals surface area contributed by atoms with E-state index in [9.17, 15) is 4.79 Å². The van der Waals surface area contributed by atoms with Gasteiger partial charge in [-0.15, -0.1) is 0 Å². The molecule has 0 radical (unpaired) electrons. The maximum atomic E-state index is 12.6. The molecule has 4 N–H and O–H groups in total. The number of carbonyl (C=O) groups is 1. The first-order valence-corrected chi connectivity index (χ1v) is 8.82. The molecule has 0 saturated heterocycles. The number of hydrogen-bond donors (Lipinski definition) is 4. The Balaban J connectivity index is 1.66. The van der Waals surface area contributed by atoms with E-state index in [4.69, 9.17) is 23.2 Å². The Morgan fingerprint density at radius 3 is 2.74 bits per heavy atom. The minimum atomic E-state index is -0.350. The standard InChI is InChI=1S/C17H15Cl2N7O/c1-9-14-15(19)13(17(27)22-11-4-2-10(18)3-5-11)7-20-16(14)26(24-9)8-12-6-21-25-23-12/h2-7,21,23,25H,8H2,1H3,(H,22,27). The molecule has 3 aromatic rings. The molecule has 1 aliphatic heterocycles. The molecule has 1 aromatic carbocycles. The molecule has 138 valence electrons. The third kappa shape index (κ3) is 3.42. The van der Waals surface area contributed by atoms with Crippen LogP contribution in [-0.4, -0.2) is 20.7 Å². The molecule has 0 atom stereocenters. The van der Waals surface area contributed by atoms with Crippen molar-refractivity contribution < 1.29 is 4.79 Å². The number of aryl methyl sites for hydroxylation is 1. The van der Waals surface area contributed by atoms with Crippen LogP contribution in [-0.2, 0) is 6.54 Å². The van der Waals surface area contributed by atoms with Crippen LogP contribution in [0, 0.1) is 6.92 Å². The number of nitrogens with one attached hydrogen (secondary N) is 4. The topological polar surface area (TPSA) is 95.9 Å². The summed E-state index contributed by atoms with van der Waals surface area (Å²) in [6.07, 6.45) is 3.25. The summed E-state index contributed by atoms with van der Waals surface area (Å²) >= 11 is 12.4. The van der Waals surface area contributed by atoms with Crippen molar-refractivity contribution in [3.8, 4) is 0 Å². The number of hydrazine groups is 2. The smallest absolute Gasteiger partial charge is 0.258 e. The summed E-state index contributed by atoms with van der Waals surface area (Å²) in [5.74, 6) is -0.350. The first kappa shape index (κ1) is 17.6. The van der Waals surface area contributed by atoms with Crippen LogP contribution in [0.15, 0.2) is 42.4 Å². The van der Waals surface area contributed by atoms with Gasteiger partial charge in [-0.1, -0.05) is 23.2 Å². The number of pyridine rings is 1. The molecule has 27 heavy (non-hydrogen) atoms. The van der Waals surface area contributed by atoms with E-state index >= 15 is 0 Å². The second-order valence-electron chi connectivity index (χ2n) is 5.95. The lowest BCUT2D eigenvalue weighted by Gasteiger charge is -2.08. The monoisotopic (exact) mass is 403 g/mol. The van der Waals surface area contributed by atoms with Gasteiger partial charge in [0, 0.05) is 23.1 Å². The Bertz CT molecular complexity index is 1060. The van der Waals surface area contributed by atoms with Gasteiger partial charge in [0.2, 0.25) is 0 Å². The molecule has 10 heteroatoms. The molecule has 0 saturated carbocycles. The van der Waals surface area contributed by atoms with E-state index in [0.29, 0.717) is 39.0 Å². The quantitative estimate of drug-likeness (QED) is 0.534. The summed E-state index contributed by atoms with van der Waals surface area (Å²) in [5.41, 5.74) is 11.7. The van der Waals surface area contributed by atoms with E-state index in [1.165, 1.54) is 6.20 Å². The van der Waals surface area contributed by atoms with Crippen molar-refractivity contribution in [2.24, 2.45) is 0 Å². The fraction of sp³-hybridized carbons (Fsp3) is 0.118. The van der Waals surface area contributed by atoms with Crippen molar-refractivity contribution in [3.63, 3.8) is 0 Å². The number of aromatic nitrogens is 3. The summed E-state index contributed by atoms with van der Waals surface area (Å²) in [6, 6.07) is 6.83. The van der Waals surface area contributed by atoms with Crippen LogP contribution >= 0.6 is 23.2 Å². The first-order chi connectivity index (χ1) is 13.0. The molecule has 0 aliphatic carbocycles. The molecule has 1 amide bonds. The van der Waals surface area contributed by atoms with Crippen molar-refractivity contribution in [1.29, 1.82) is 0 Å². The number of amides is 1. The van der Waals surface area contributed by atoms with Gasteiger partial charge in [-0.2, -0.15) is 10.6 Å². The van der Waals surface area contributed by atoms with Crippen LogP contribution in [0.5, 0.6) is 0 Å². The van der Waals surface area contributed by atoms with Crippen LogP contribution in [0.3, 0.4) is 0 Å². The normalized spacial score (nSPS) is 13.2. The van der Waals surface area contributed by atoms with E-state index in [1.807, 2.05) is 6.92 Å². The molecule has 1 aliphatic rings. The molecular weight excluding hydrogens is 389 g/mol. The molecule has 2 aromatic heterocycles. The number of anilines is 1. The predicted octanol–water partition coefficient (Wildman–Crippen LogP) is 2.75. The Morgan fingerprint density at radius 1 is 1.26 bits per heavy atom. The fourth-order valence-corrected chi connectivity index (χ4v) is 3.28. The number of hydrogen-bond acceptors (Lipinski definition) is 6. The molecule has 8 nitrogen and oxygen atoms in total. The van der Waals surface area contributed by atoms with Crippen molar-refractivity contribution >= 4 is 45.8 Å². The number of rotatable bonds is 4. The van der Waals surface area contributed by atoms with Gasteiger partial charge in [-0.25, -0.2) is 9.67 Å². The largest absolute Gasteiger partial charge is 0.322 e. The fourth-order valence-electron chi connectivity index (χ4n) is 2.80. The minimum Gasteiger partial charge on any atom is -0.322 e. The summed E-state index contributed by atoms with van der Waals surface area (Å²) in [4.78, 5) is 17.0. The average Bonchev–Trinajstić information content (AvgIpc) is 3.26. The Kier molecular flexibility index (Phi) is 4.61. The third-order valence-corrected chi connectivity index (χ3v) is 4.73. The maximum Gasteiger partial charge on any atom is 0.258 e. The van der Waals surface area contributed by atoms with E-state index in [0.717, 1.165) is 5.70 Å². The van der Waals surface area contributed by atoms with Crippen molar-refractivity contribution in [2.75, 3.05) is 5.32 Å². The molecule has 0 fully saturated rings. The molecule has 0 spiro atoms. The lowest BCUT2D eigenvalue weighted by Crippen LogP contribution is -2.32. The van der Waals surface area contributed by atoms with E-state index in [1.54, 1.807) is 35.1 Å². The van der Waals surface area contributed by atoms with Crippen molar-refractivity contribution in [1.82, 2.24) is 31.2 Å². The van der Waals surface area contributed by atoms with Gasteiger partial charge in [-0.05, 0) is 31.2 Å². The Labute approximate surface area is 164 Å². The zero-order valence-corrected chi connectivity index (χ0v) is 15.7. The molecule has 3 heterocycles. The Hall–Kier alpha value is -2.81. The van der Waals surface area contributed by atoms with Gasteiger partial charge in [-0.3, -0.25) is 4.79 Å². The third-order valence-electron chi connectivity index (χ3n) is 4.08. The van der Waals surface area contributed by atoms with Crippen LogP contribution in [0.1, 0.15) is 16.1 Å². The van der Waals surface area contributed by atoms with E-state index in [2.05, 4.69) is 31.8 Å². The number of halogens is 2. The van der Waals surface area contributed by atoms with Crippen LogP contribution in [0.2, 0.25) is 10.0 Å². The van der Waals surface area contributed by atoms with Gasteiger partial charge in [0.1, 0.15) is 0 Å². The maximum absolute atomic E-state index is 12.6. The van der Waals surface area contributed by atoms with Crippen LogP contribution in [0.4, 0.5) is 5.69 Å². The number of allylic oxidation sites excluding steroid dienone is 1. The molecule has 4 rings (SSSR count). The Morgan fingerprint density at radius 2 is 2.04 bits per heavy atom. The highest BCUT2D eigenvalue weighted by Gasteiger charge is 2.20. The van der Waals surface area contributed by atoms with Crippen LogP contribution < -0.4 is 21.7 Å². The summed E-state index contributed by atoms with van der Waals surface area (Å²) in [5, 5.41) is 8.85. The first-order valence-electron chi connectivity index (χ1n) is 8.07. The highest BCUT2D eigenvalue weighted by molar-refractivity contribution is 6.39. The number of fused-ring (bicyclic) bond motifs is 1. The van der Waals surface area contributed by atoms with Crippen molar-refractivity contribution in [3.05, 3.63) is 63.7 Å². The summed E-state index contributed by atoms with van der Waals surface area (Å²) < 4.78 is 1.73. The van der Waals surface area contributed by atoms with Crippen molar-refractivity contribution in [2.45, 2.75) is 13.5 Å². The lowest BCUT2D eigenvalue weighted by atomic mass is 10.2. The molecule has 0 unspecified atom stereocenters. The number of benzene rings is 1. The van der Waals surface area contributed by atoms with Gasteiger partial charge in [0.15, 0.2) is 5.65 Å². The number of carbonyl (C=O) groups excluding carboxylic acids is 1. The average molecular weight is 404 g/mol. The van der Waals surface area contributed by atoms with Gasteiger partial charge >= 0.3 is 0 Å². The minimum absolute atomic E-state index is 0.281. The highest BCUT2D eigenvalue weighted by Crippen LogP contribution is 2.29. The predicted molar refractivity (Wildman–Crippen MR) is 104 cm³/mol. The second kappa shape index (κ2) is 7.07. The van der Waals surface area contributed by atoms with Gasteiger partial charge < -0.3 is 16.2 Å². The highest BCUT2D eigenvalue weighted by atomic mass is 35.5. The summed E-state index contributed by atoms with van der Waals surface area (Å²) in [7, 11) is 0. The second-order valence-corrected chi connectivity index (χ2v) is 6.77. The molecular formula is C17H15Cl2N7O. The SMILES string of the molecule is Cc1nn(CC2=CNNN2)c2ncc(C(=O)Nc3ccc(Cl)cc3)c(Cl)c12. The van der Waals surface area contributed by atoms with E-state index < -0.39 is 0 Å². The van der Waals surface area contributed by atoms with E-state index in [-0.39, 0.29) is 11.5 Å². The summed E-state index contributed by atoms with van der Waals surface area (Å²) in [6.45, 7) is 2.31. The van der Waals surface area contributed by atoms with Gasteiger partial charge in [0.05, 0.1) is 33.9 Å².